The molecule has 138 valence electrons. The van der Waals surface area contributed by atoms with Crippen LogP contribution in [0, 0.1) is 0 Å². The first kappa shape index (κ1) is 17.9. The van der Waals surface area contributed by atoms with E-state index >= 15 is 0 Å². The summed E-state index contributed by atoms with van der Waals surface area (Å²) in [6.45, 7) is 0. The van der Waals surface area contributed by atoms with Gasteiger partial charge in [-0.2, -0.15) is 0 Å². The standard InChI is InChI=1S/C22H15NO4S/c24-22(25)19-17-13-7-8-14-18(17)23-20(15-9-3-1-4-10-15)21(19)28(26,27)16-11-5-2-6-12-16/h1-14H,(H,24,25). The van der Waals surface area contributed by atoms with E-state index in [1.807, 2.05) is 0 Å². The number of para-hydroxylation sites is 1. The van der Waals surface area contributed by atoms with E-state index < -0.39 is 15.8 Å². The number of rotatable bonds is 4. The summed E-state index contributed by atoms with van der Waals surface area (Å²) in [5.74, 6) is -1.31. The minimum atomic E-state index is -4.13. The lowest BCUT2D eigenvalue weighted by molar-refractivity contribution is 0.0695. The van der Waals surface area contributed by atoms with Crippen LogP contribution in [0.2, 0.25) is 0 Å². The maximum absolute atomic E-state index is 13.5. The van der Waals surface area contributed by atoms with Gasteiger partial charge < -0.3 is 5.11 Å². The van der Waals surface area contributed by atoms with Crippen LogP contribution in [0.4, 0.5) is 0 Å². The number of carboxylic acid groups (broad SMARTS) is 1. The maximum Gasteiger partial charge on any atom is 0.337 e. The predicted octanol–water partition coefficient (Wildman–Crippen LogP) is 4.43. The van der Waals surface area contributed by atoms with Crippen molar-refractivity contribution in [1.82, 2.24) is 4.98 Å². The maximum atomic E-state index is 13.5. The third-order valence-electron chi connectivity index (χ3n) is 4.43. The van der Waals surface area contributed by atoms with Gasteiger partial charge in [0, 0.05) is 10.9 Å². The van der Waals surface area contributed by atoms with E-state index in [1.165, 1.54) is 12.1 Å². The Bertz CT molecular complexity index is 1280. The van der Waals surface area contributed by atoms with Crippen molar-refractivity contribution in [3.8, 4) is 11.3 Å². The summed E-state index contributed by atoms with van der Waals surface area (Å²) in [6.07, 6.45) is 0. The zero-order chi connectivity index (χ0) is 19.7. The largest absolute Gasteiger partial charge is 0.478 e. The highest BCUT2D eigenvalue weighted by molar-refractivity contribution is 7.91. The van der Waals surface area contributed by atoms with Crippen LogP contribution in [0.3, 0.4) is 0 Å². The molecule has 0 unspecified atom stereocenters. The normalized spacial score (nSPS) is 11.4. The Morgan fingerprint density at radius 1 is 0.786 bits per heavy atom. The number of fused-ring (bicyclic) bond motifs is 1. The molecule has 28 heavy (non-hydrogen) atoms. The van der Waals surface area contributed by atoms with E-state index in [0.29, 0.717) is 11.1 Å². The van der Waals surface area contributed by atoms with E-state index in [0.717, 1.165) is 0 Å². The van der Waals surface area contributed by atoms with Crippen molar-refractivity contribution >= 4 is 26.7 Å². The van der Waals surface area contributed by atoms with Crippen molar-refractivity contribution in [2.24, 2.45) is 0 Å². The molecule has 0 aliphatic carbocycles. The fraction of sp³-hybridized carbons (Fsp3) is 0. The number of nitrogens with zero attached hydrogens (tertiary/aromatic N) is 1. The molecule has 0 atom stereocenters. The Morgan fingerprint density at radius 3 is 2.00 bits per heavy atom. The highest BCUT2D eigenvalue weighted by atomic mass is 32.2. The Balaban J connectivity index is 2.20. The van der Waals surface area contributed by atoms with Crippen LogP contribution in [0.25, 0.3) is 22.2 Å². The van der Waals surface area contributed by atoms with Crippen molar-refractivity contribution in [3.05, 3.63) is 90.5 Å². The number of aromatic carboxylic acids is 1. The summed E-state index contributed by atoms with van der Waals surface area (Å²) in [7, 11) is -4.13. The molecule has 0 saturated heterocycles. The van der Waals surface area contributed by atoms with Gasteiger partial charge in [0.15, 0.2) is 0 Å². The smallest absolute Gasteiger partial charge is 0.337 e. The molecule has 0 amide bonds. The molecule has 0 spiro atoms. The lowest BCUT2D eigenvalue weighted by atomic mass is 10.0. The van der Waals surface area contributed by atoms with E-state index in [4.69, 9.17) is 0 Å². The number of sulfone groups is 1. The zero-order valence-electron chi connectivity index (χ0n) is 14.6. The van der Waals surface area contributed by atoms with Gasteiger partial charge in [-0.25, -0.2) is 18.2 Å². The topological polar surface area (TPSA) is 84.3 Å². The Hall–Kier alpha value is -3.51. The molecule has 5 nitrogen and oxygen atoms in total. The quantitative estimate of drug-likeness (QED) is 0.558. The van der Waals surface area contributed by atoms with E-state index in [1.54, 1.807) is 72.8 Å². The Morgan fingerprint density at radius 2 is 1.36 bits per heavy atom. The van der Waals surface area contributed by atoms with E-state index in [9.17, 15) is 18.3 Å². The molecule has 3 aromatic carbocycles. The number of benzene rings is 3. The first-order valence-electron chi connectivity index (χ1n) is 8.52. The molecule has 1 heterocycles. The number of hydrogen-bond donors (Lipinski definition) is 1. The van der Waals surface area contributed by atoms with Crippen LogP contribution in [0.1, 0.15) is 10.4 Å². The number of aromatic nitrogens is 1. The summed E-state index contributed by atoms with van der Waals surface area (Å²) in [5.41, 5.74) is 0.810. The molecule has 1 aromatic heterocycles. The first-order chi connectivity index (χ1) is 13.5. The molecule has 0 fully saturated rings. The second kappa shape index (κ2) is 6.90. The minimum absolute atomic E-state index is 0.0202. The lowest BCUT2D eigenvalue weighted by Gasteiger charge is -2.15. The van der Waals surface area contributed by atoms with Gasteiger partial charge in [-0.05, 0) is 18.2 Å². The molecular weight excluding hydrogens is 374 g/mol. The Labute approximate surface area is 161 Å². The first-order valence-corrected chi connectivity index (χ1v) is 10.00. The molecule has 1 N–H and O–H groups in total. The van der Waals surface area contributed by atoms with E-state index in [-0.39, 0.29) is 26.4 Å². The van der Waals surface area contributed by atoms with Crippen LogP contribution >= 0.6 is 0 Å². The van der Waals surface area contributed by atoms with Crippen molar-refractivity contribution in [1.29, 1.82) is 0 Å². The second-order valence-corrected chi connectivity index (χ2v) is 8.06. The average molecular weight is 389 g/mol. The summed E-state index contributed by atoms with van der Waals surface area (Å²) >= 11 is 0. The molecular formula is C22H15NO4S. The monoisotopic (exact) mass is 389 g/mol. The number of hydrogen-bond acceptors (Lipinski definition) is 4. The molecule has 0 radical (unpaired) electrons. The van der Waals surface area contributed by atoms with Gasteiger partial charge in [0.1, 0.15) is 4.90 Å². The van der Waals surface area contributed by atoms with Crippen molar-refractivity contribution in [3.63, 3.8) is 0 Å². The van der Waals surface area contributed by atoms with Gasteiger partial charge in [-0.1, -0.05) is 66.7 Å². The van der Waals surface area contributed by atoms with Crippen LogP contribution in [-0.2, 0) is 9.84 Å². The van der Waals surface area contributed by atoms with Gasteiger partial charge >= 0.3 is 5.97 Å². The van der Waals surface area contributed by atoms with Gasteiger partial charge in [-0.15, -0.1) is 0 Å². The Kier molecular flexibility index (Phi) is 4.41. The average Bonchev–Trinajstić information content (AvgIpc) is 2.73. The zero-order valence-corrected chi connectivity index (χ0v) is 15.4. The third kappa shape index (κ3) is 2.93. The molecule has 6 heteroatoms. The van der Waals surface area contributed by atoms with Gasteiger partial charge in [0.25, 0.3) is 0 Å². The fourth-order valence-electron chi connectivity index (χ4n) is 3.18. The highest BCUT2D eigenvalue weighted by Crippen LogP contribution is 2.36. The summed E-state index contributed by atoms with van der Waals surface area (Å²) < 4.78 is 27.0. The minimum Gasteiger partial charge on any atom is -0.478 e. The summed E-state index contributed by atoms with van der Waals surface area (Å²) in [4.78, 5) is 16.5. The molecule has 4 aromatic rings. The van der Waals surface area contributed by atoms with Gasteiger partial charge in [0.2, 0.25) is 9.84 Å². The highest BCUT2D eigenvalue weighted by Gasteiger charge is 2.31. The molecule has 0 saturated carbocycles. The van der Waals surface area contributed by atoms with Crippen LogP contribution in [0.15, 0.2) is 94.7 Å². The fourth-order valence-corrected chi connectivity index (χ4v) is 4.81. The van der Waals surface area contributed by atoms with Gasteiger partial charge in [-0.3, -0.25) is 0 Å². The van der Waals surface area contributed by atoms with Crippen molar-refractivity contribution in [2.75, 3.05) is 0 Å². The molecule has 0 aliphatic heterocycles. The van der Waals surface area contributed by atoms with Gasteiger partial charge in [0.05, 0.1) is 21.7 Å². The lowest BCUT2D eigenvalue weighted by Crippen LogP contribution is -2.13. The molecule has 4 rings (SSSR count). The summed E-state index contributed by atoms with van der Waals surface area (Å²) in [6, 6.07) is 23.2. The number of carbonyl (C=O) groups is 1. The van der Waals surface area contributed by atoms with Crippen molar-refractivity contribution in [2.45, 2.75) is 9.79 Å². The second-order valence-electron chi connectivity index (χ2n) is 6.17. The predicted molar refractivity (Wildman–Crippen MR) is 106 cm³/mol. The molecule has 0 aliphatic rings. The third-order valence-corrected chi connectivity index (χ3v) is 6.26. The number of pyridine rings is 1. The van der Waals surface area contributed by atoms with Crippen LogP contribution in [0.5, 0.6) is 0 Å². The van der Waals surface area contributed by atoms with Crippen LogP contribution < -0.4 is 0 Å². The summed E-state index contributed by atoms with van der Waals surface area (Å²) in [5, 5.41) is 10.2. The van der Waals surface area contributed by atoms with E-state index in [2.05, 4.69) is 4.98 Å². The molecule has 0 bridgehead atoms. The number of carboxylic acids is 1. The van der Waals surface area contributed by atoms with Crippen molar-refractivity contribution < 1.29 is 18.3 Å². The SMILES string of the molecule is O=C(O)c1c(S(=O)(=O)c2ccccc2)c(-c2ccccc2)nc2ccccc12. The van der Waals surface area contributed by atoms with Crippen LogP contribution in [-0.4, -0.2) is 24.5 Å².